The van der Waals surface area contributed by atoms with Gasteiger partial charge in [-0.15, -0.1) is 12.4 Å². The second kappa shape index (κ2) is 7.80. The second-order valence-electron chi connectivity index (χ2n) is 7.26. The van der Waals surface area contributed by atoms with Crippen LogP contribution < -0.4 is 16.2 Å². The first kappa shape index (κ1) is 18.9. The molecule has 1 saturated heterocycles. The Morgan fingerprint density at radius 3 is 2.62 bits per heavy atom. The molecule has 1 amide bonds. The number of nitrogens with one attached hydrogen (secondary N) is 3. The number of hydrogen-bond acceptors (Lipinski definition) is 4. The number of amides is 1. The monoisotopic (exact) mass is 379 g/mol. The smallest absolute Gasteiger partial charge is 0.257 e. The largest absolute Gasteiger partial charge is 0.349 e. The number of carbonyl (C=O) groups is 1. The molecule has 3 heterocycles. The average Bonchev–Trinajstić information content (AvgIpc) is 3.21. The van der Waals surface area contributed by atoms with Crippen molar-refractivity contribution in [3.63, 3.8) is 0 Å². The number of hydrogen-bond donors (Lipinski definition) is 3. The number of H-pyrrole nitrogens is 1. The maximum absolute atomic E-state index is 12.8. The number of fused-ring (bicyclic) bond motifs is 1. The molecule has 1 aliphatic carbocycles. The van der Waals surface area contributed by atoms with Gasteiger partial charge >= 0.3 is 0 Å². The lowest BCUT2D eigenvalue weighted by Crippen LogP contribution is -2.33. The molecule has 1 aliphatic heterocycles. The lowest BCUT2D eigenvalue weighted by Gasteiger charge is -2.23. The molecular weight excluding hydrogens is 354 g/mol. The quantitative estimate of drug-likeness (QED) is 0.759. The highest BCUT2D eigenvalue weighted by Gasteiger charge is 2.26. The highest BCUT2D eigenvalue weighted by molar-refractivity contribution is 6.01. The minimum atomic E-state index is -0.171. The molecule has 0 bridgehead atoms. The summed E-state index contributed by atoms with van der Waals surface area (Å²) in [6.45, 7) is 3.71. The Morgan fingerprint density at radius 2 is 1.92 bits per heavy atom. The molecule has 4 rings (SSSR count). The maximum atomic E-state index is 12.8. The summed E-state index contributed by atoms with van der Waals surface area (Å²) in [4.78, 5) is 27.9. The van der Waals surface area contributed by atoms with Crippen LogP contribution in [-0.2, 0) is 0 Å². The van der Waals surface area contributed by atoms with Gasteiger partial charge in [-0.1, -0.05) is 12.8 Å². The highest BCUT2D eigenvalue weighted by atomic mass is 35.5. The number of piperidine rings is 1. The van der Waals surface area contributed by atoms with E-state index in [1.54, 1.807) is 10.6 Å². The van der Waals surface area contributed by atoms with Crippen LogP contribution in [0.15, 0.2) is 10.9 Å². The van der Waals surface area contributed by atoms with Crippen molar-refractivity contribution < 1.29 is 4.79 Å². The minimum absolute atomic E-state index is 0. The first-order chi connectivity index (χ1) is 12.1. The van der Waals surface area contributed by atoms with Gasteiger partial charge in [0.25, 0.3) is 11.5 Å². The first-order valence-corrected chi connectivity index (χ1v) is 9.27. The van der Waals surface area contributed by atoms with Gasteiger partial charge in [0.05, 0.1) is 11.4 Å². The first-order valence-electron chi connectivity index (χ1n) is 9.27. The molecule has 7 nitrogen and oxygen atoms in total. The van der Waals surface area contributed by atoms with Crippen LogP contribution in [-0.4, -0.2) is 39.6 Å². The summed E-state index contributed by atoms with van der Waals surface area (Å²) >= 11 is 0. The van der Waals surface area contributed by atoms with Gasteiger partial charge in [0, 0.05) is 18.0 Å². The van der Waals surface area contributed by atoms with E-state index in [2.05, 4.69) is 20.7 Å². The molecule has 2 aromatic heterocycles. The van der Waals surface area contributed by atoms with Crippen molar-refractivity contribution in [2.45, 2.75) is 57.4 Å². The number of nitrogens with zero attached hydrogens (tertiary/aromatic N) is 2. The van der Waals surface area contributed by atoms with E-state index in [9.17, 15) is 9.59 Å². The van der Waals surface area contributed by atoms with Gasteiger partial charge in [0.2, 0.25) is 0 Å². The highest BCUT2D eigenvalue weighted by Crippen LogP contribution is 2.26. The van der Waals surface area contributed by atoms with Gasteiger partial charge in [-0.3, -0.25) is 9.59 Å². The normalized spacial score (nSPS) is 18.8. The molecule has 142 valence electrons. The van der Waals surface area contributed by atoms with E-state index in [-0.39, 0.29) is 35.8 Å². The van der Waals surface area contributed by atoms with Gasteiger partial charge in [-0.25, -0.2) is 4.52 Å². The number of carbonyl (C=O) groups excluding carboxylic acids is 1. The van der Waals surface area contributed by atoms with Crippen molar-refractivity contribution in [2.24, 2.45) is 0 Å². The van der Waals surface area contributed by atoms with Gasteiger partial charge in [-0.05, 0) is 45.7 Å². The number of aromatic nitrogens is 3. The van der Waals surface area contributed by atoms with Crippen LogP contribution in [0.3, 0.4) is 0 Å². The number of aryl methyl sites for hydroxylation is 1. The van der Waals surface area contributed by atoms with Crippen molar-refractivity contribution in [1.82, 2.24) is 25.2 Å². The van der Waals surface area contributed by atoms with Crippen molar-refractivity contribution >= 4 is 24.0 Å². The standard InChI is InChI=1S/C18H25N5O2.ClH/c1-11-16(18(25)20-13-4-2-3-5-13)17-21-15(24)10-14(23(17)22-11)12-6-8-19-9-7-12;/h10,12-13,19H,2-9H2,1H3,(H,20,25)(H,21,24);1H. The van der Waals surface area contributed by atoms with E-state index in [0.717, 1.165) is 57.3 Å². The van der Waals surface area contributed by atoms with Crippen LogP contribution in [0.2, 0.25) is 0 Å². The third-order valence-corrected chi connectivity index (χ3v) is 5.50. The summed E-state index contributed by atoms with van der Waals surface area (Å²) in [5.41, 5.74) is 2.42. The molecule has 1 saturated carbocycles. The number of aromatic amines is 1. The predicted molar refractivity (Wildman–Crippen MR) is 102 cm³/mol. The minimum Gasteiger partial charge on any atom is -0.349 e. The van der Waals surface area contributed by atoms with Gasteiger partial charge in [0.1, 0.15) is 11.2 Å². The van der Waals surface area contributed by atoms with Gasteiger partial charge in [-0.2, -0.15) is 5.10 Å². The van der Waals surface area contributed by atoms with Crippen LogP contribution in [0.4, 0.5) is 0 Å². The summed E-state index contributed by atoms with van der Waals surface area (Å²) in [7, 11) is 0. The zero-order valence-corrected chi connectivity index (χ0v) is 15.8. The van der Waals surface area contributed by atoms with Crippen LogP contribution in [0.25, 0.3) is 5.65 Å². The second-order valence-corrected chi connectivity index (χ2v) is 7.26. The van der Waals surface area contributed by atoms with Crippen LogP contribution in [0, 0.1) is 6.92 Å². The molecule has 2 fully saturated rings. The lowest BCUT2D eigenvalue weighted by molar-refractivity contribution is 0.0938. The van der Waals surface area contributed by atoms with Gasteiger partial charge < -0.3 is 15.6 Å². The van der Waals surface area contributed by atoms with Crippen molar-refractivity contribution in [1.29, 1.82) is 0 Å². The molecule has 0 radical (unpaired) electrons. The van der Waals surface area contributed by atoms with Crippen LogP contribution in [0.5, 0.6) is 0 Å². The average molecular weight is 380 g/mol. The Morgan fingerprint density at radius 1 is 1.23 bits per heavy atom. The van der Waals surface area contributed by atoms with Gasteiger partial charge in [0.15, 0.2) is 0 Å². The van der Waals surface area contributed by atoms with Crippen molar-refractivity contribution in [3.05, 3.63) is 33.4 Å². The van der Waals surface area contributed by atoms with E-state index in [0.29, 0.717) is 16.9 Å². The fraction of sp³-hybridized carbons (Fsp3) is 0.611. The molecular formula is C18H26ClN5O2. The summed E-state index contributed by atoms with van der Waals surface area (Å²) in [5, 5.41) is 11.0. The van der Waals surface area contributed by atoms with E-state index in [1.165, 1.54) is 0 Å². The predicted octanol–water partition coefficient (Wildman–Crippen LogP) is 1.89. The summed E-state index contributed by atoms with van der Waals surface area (Å²) in [5.74, 6) is 0.161. The van der Waals surface area contributed by atoms with Crippen LogP contribution in [0.1, 0.15) is 66.2 Å². The number of rotatable bonds is 3. The van der Waals surface area contributed by atoms with E-state index in [4.69, 9.17) is 0 Å². The summed E-state index contributed by atoms with van der Waals surface area (Å²) in [6, 6.07) is 1.87. The fourth-order valence-corrected chi connectivity index (χ4v) is 4.19. The number of halogens is 1. The van der Waals surface area contributed by atoms with E-state index in [1.807, 2.05) is 6.92 Å². The molecule has 0 unspecified atom stereocenters. The van der Waals surface area contributed by atoms with Crippen LogP contribution >= 0.6 is 12.4 Å². The Labute approximate surface area is 158 Å². The molecule has 2 aliphatic rings. The molecule has 26 heavy (non-hydrogen) atoms. The lowest BCUT2D eigenvalue weighted by atomic mass is 9.94. The zero-order valence-electron chi connectivity index (χ0n) is 15.0. The fourth-order valence-electron chi connectivity index (χ4n) is 4.19. The summed E-state index contributed by atoms with van der Waals surface area (Å²) in [6.07, 6.45) is 6.33. The Hall–Kier alpha value is -1.86. The molecule has 0 atom stereocenters. The molecule has 8 heteroatoms. The van der Waals surface area contributed by atoms with E-state index < -0.39 is 0 Å². The van der Waals surface area contributed by atoms with Crippen molar-refractivity contribution in [3.8, 4) is 0 Å². The topological polar surface area (TPSA) is 91.3 Å². The maximum Gasteiger partial charge on any atom is 0.257 e. The third kappa shape index (κ3) is 3.50. The molecule has 0 spiro atoms. The molecule has 3 N–H and O–H groups in total. The van der Waals surface area contributed by atoms with E-state index >= 15 is 0 Å². The summed E-state index contributed by atoms with van der Waals surface area (Å²) < 4.78 is 1.77. The molecule has 0 aromatic carbocycles. The Bertz CT molecular complexity index is 847. The molecule has 2 aromatic rings. The Kier molecular flexibility index (Phi) is 5.67. The Balaban J connectivity index is 0.00000196. The van der Waals surface area contributed by atoms with Crippen molar-refractivity contribution in [2.75, 3.05) is 13.1 Å². The third-order valence-electron chi connectivity index (χ3n) is 5.50. The zero-order chi connectivity index (χ0) is 17.4. The SMILES string of the molecule is Cc1nn2c(C3CCNCC3)cc(=O)[nH]c2c1C(=O)NC1CCCC1.Cl.